The number of nitrogens with zero attached hydrogens (tertiary/aromatic N) is 1. The summed E-state index contributed by atoms with van der Waals surface area (Å²) in [4.78, 5) is 23.3. The largest absolute Gasteiger partial charge is 0.416 e. The molecule has 0 aromatic heterocycles. The Kier molecular flexibility index (Phi) is 5.92. The number of carbonyl (C=O) groups excluding carboxylic acids is 2. The van der Waals surface area contributed by atoms with Gasteiger partial charge in [-0.2, -0.15) is 18.3 Å². The van der Waals surface area contributed by atoms with Gasteiger partial charge in [0.05, 0.1) is 11.8 Å². The molecule has 0 fully saturated rings. The molecule has 2 aromatic carbocycles. The van der Waals surface area contributed by atoms with Gasteiger partial charge in [0.2, 0.25) is 0 Å². The van der Waals surface area contributed by atoms with Crippen LogP contribution in [0.4, 0.5) is 18.9 Å². The fraction of sp³-hybridized carbons (Fsp3) is 0.0625. The van der Waals surface area contributed by atoms with Gasteiger partial charge in [-0.25, -0.2) is 5.43 Å². The van der Waals surface area contributed by atoms with E-state index in [1.54, 1.807) is 24.3 Å². The van der Waals surface area contributed by atoms with Crippen molar-refractivity contribution in [2.45, 2.75) is 6.18 Å². The first-order chi connectivity index (χ1) is 11.8. The summed E-state index contributed by atoms with van der Waals surface area (Å²) >= 11 is 3.27. The minimum Gasteiger partial charge on any atom is -0.318 e. The van der Waals surface area contributed by atoms with E-state index >= 15 is 0 Å². The lowest BCUT2D eigenvalue weighted by Gasteiger charge is -2.09. The summed E-state index contributed by atoms with van der Waals surface area (Å²) in [7, 11) is 0. The van der Waals surface area contributed by atoms with E-state index in [0.717, 1.165) is 22.7 Å². The van der Waals surface area contributed by atoms with Crippen molar-refractivity contribution in [2.24, 2.45) is 5.10 Å². The molecule has 0 saturated carbocycles. The van der Waals surface area contributed by atoms with Gasteiger partial charge in [-0.1, -0.05) is 34.1 Å². The maximum Gasteiger partial charge on any atom is 0.416 e. The second-order valence-electron chi connectivity index (χ2n) is 4.78. The molecule has 9 heteroatoms. The summed E-state index contributed by atoms with van der Waals surface area (Å²) in [5.74, 6) is -2.24. The number of anilines is 1. The summed E-state index contributed by atoms with van der Waals surface area (Å²) in [6.45, 7) is 0. The van der Waals surface area contributed by atoms with E-state index in [-0.39, 0.29) is 5.69 Å². The first-order valence-electron chi connectivity index (χ1n) is 6.83. The van der Waals surface area contributed by atoms with Crippen molar-refractivity contribution >= 4 is 39.6 Å². The standard InChI is InChI=1S/C16H11BrF3N3O2/c17-12-6-4-10(5-7-12)9-21-23-15(25)14(24)22-13-3-1-2-11(8-13)16(18,19)20/h1-9H,(H,22,24)(H,23,25). The van der Waals surface area contributed by atoms with E-state index in [4.69, 9.17) is 0 Å². The maximum atomic E-state index is 12.6. The van der Waals surface area contributed by atoms with Gasteiger partial charge in [0.1, 0.15) is 0 Å². The first kappa shape index (κ1) is 18.7. The van der Waals surface area contributed by atoms with Crippen molar-refractivity contribution in [3.63, 3.8) is 0 Å². The zero-order valence-corrected chi connectivity index (χ0v) is 14.1. The molecule has 0 spiro atoms. The van der Waals surface area contributed by atoms with Gasteiger partial charge in [-0.3, -0.25) is 9.59 Å². The molecule has 2 N–H and O–H groups in total. The number of hydrogen-bond acceptors (Lipinski definition) is 3. The van der Waals surface area contributed by atoms with Gasteiger partial charge in [0.25, 0.3) is 0 Å². The van der Waals surface area contributed by atoms with E-state index in [0.29, 0.717) is 5.56 Å². The van der Waals surface area contributed by atoms with Crippen LogP contribution in [0.25, 0.3) is 0 Å². The van der Waals surface area contributed by atoms with Crippen LogP contribution in [0, 0.1) is 0 Å². The zero-order chi connectivity index (χ0) is 18.4. The molecular formula is C16H11BrF3N3O2. The van der Waals surface area contributed by atoms with Crippen molar-refractivity contribution in [1.29, 1.82) is 0 Å². The number of hydrazone groups is 1. The molecule has 0 unspecified atom stereocenters. The van der Waals surface area contributed by atoms with Crippen LogP contribution in [-0.2, 0) is 15.8 Å². The molecule has 0 saturated heterocycles. The van der Waals surface area contributed by atoms with Gasteiger partial charge in [0, 0.05) is 10.2 Å². The van der Waals surface area contributed by atoms with Crippen LogP contribution < -0.4 is 10.7 Å². The molecule has 0 aliphatic carbocycles. The van der Waals surface area contributed by atoms with E-state index in [1.165, 1.54) is 12.3 Å². The number of nitrogens with one attached hydrogen (secondary N) is 2. The number of halogens is 4. The normalized spacial score (nSPS) is 11.4. The Labute approximate surface area is 149 Å². The van der Waals surface area contributed by atoms with Gasteiger partial charge in [-0.05, 0) is 35.9 Å². The zero-order valence-electron chi connectivity index (χ0n) is 12.5. The summed E-state index contributed by atoms with van der Waals surface area (Å²) in [6.07, 6.45) is -3.22. The third-order valence-electron chi connectivity index (χ3n) is 2.90. The average Bonchev–Trinajstić information content (AvgIpc) is 2.56. The van der Waals surface area contributed by atoms with Gasteiger partial charge in [0.15, 0.2) is 0 Å². The fourth-order valence-electron chi connectivity index (χ4n) is 1.73. The number of hydrogen-bond donors (Lipinski definition) is 2. The van der Waals surface area contributed by atoms with E-state index in [2.05, 4.69) is 26.3 Å². The van der Waals surface area contributed by atoms with Crippen LogP contribution in [0.5, 0.6) is 0 Å². The lowest BCUT2D eigenvalue weighted by atomic mass is 10.2. The quantitative estimate of drug-likeness (QED) is 0.458. The Bertz CT molecular complexity index is 805. The number of carbonyl (C=O) groups is 2. The Morgan fingerprint density at radius 1 is 1.04 bits per heavy atom. The first-order valence-corrected chi connectivity index (χ1v) is 7.62. The molecule has 0 radical (unpaired) electrons. The number of rotatable bonds is 3. The van der Waals surface area contributed by atoms with E-state index in [9.17, 15) is 22.8 Å². The lowest BCUT2D eigenvalue weighted by molar-refractivity contribution is -0.137. The number of benzene rings is 2. The Balaban J connectivity index is 1.94. The van der Waals surface area contributed by atoms with Crippen LogP contribution in [0.1, 0.15) is 11.1 Å². The van der Waals surface area contributed by atoms with Crippen LogP contribution in [-0.4, -0.2) is 18.0 Å². The molecule has 2 aromatic rings. The van der Waals surface area contributed by atoms with Crippen molar-refractivity contribution in [3.8, 4) is 0 Å². The van der Waals surface area contributed by atoms with Crippen molar-refractivity contribution < 1.29 is 22.8 Å². The van der Waals surface area contributed by atoms with Crippen LogP contribution >= 0.6 is 15.9 Å². The monoisotopic (exact) mass is 413 g/mol. The molecule has 0 atom stereocenters. The maximum absolute atomic E-state index is 12.6. The molecular weight excluding hydrogens is 403 g/mol. The van der Waals surface area contributed by atoms with Gasteiger partial charge in [-0.15, -0.1) is 0 Å². The second kappa shape index (κ2) is 7.93. The molecule has 2 amide bonds. The lowest BCUT2D eigenvalue weighted by Crippen LogP contribution is -2.32. The Morgan fingerprint density at radius 2 is 1.72 bits per heavy atom. The van der Waals surface area contributed by atoms with Crippen LogP contribution in [0.2, 0.25) is 0 Å². The Morgan fingerprint density at radius 3 is 2.36 bits per heavy atom. The SMILES string of the molecule is O=C(NN=Cc1ccc(Br)cc1)C(=O)Nc1cccc(C(F)(F)F)c1. The van der Waals surface area contributed by atoms with Crippen LogP contribution in [0.3, 0.4) is 0 Å². The summed E-state index contributed by atoms with van der Waals surface area (Å²) in [6, 6.07) is 10.9. The summed E-state index contributed by atoms with van der Waals surface area (Å²) in [5, 5.41) is 5.69. The molecule has 5 nitrogen and oxygen atoms in total. The smallest absolute Gasteiger partial charge is 0.318 e. The third-order valence-corrected chi connectivity index (χ3v) is 3.43. The molecule has 0 bridgehead atoms. The molecule has 0 heterocycles. The predicted molar refractivity (Wildman–Crippen MR) is 90.0 cm³/mol. The van der Waals surface area contributed by atoms with Crippen molar-refractivity contribution in [1.82, 2.24) is 5.43 Å². The molecule has 2 rings (SSSR count). The van der Waals surface area contributed by atoms with E-state index in [1.807, 2.05) is 5.43 Å². The molecule has 25 heavy (non-hydrogen) atoms. The highest BCUT2D eigenvalue weighted by Gasteiger charge is 2.30. The minimum absolute atomic E-state index is 0.146. The summed E-state index contributed by atoms with van der Waals surface area (Å²) < 4.78 is 38.7. The molecule has 0 aliphatic rings. The summed E-state index contributed by atoms with van der Waals surface area (Å²) in [5.41, 5.74) is 1.60. The molecule has 130 valence electrons. The average molecular weight is 414 g/mol. The third kappa shape index (κ3) is 5.71. The fourth-order valence-corrected chi connectivity index (χ4v) is 1.99. The second-order valence-corrected chi connectivity index (χ2v) is 5.70. The van der Waals surface area contributed by atoms with Crippen LogP contribution in [0.15, 0.2) is 58.1 Å². The van der Waals surface area contributed by atoms with Gasteiger partial charge >= 0.3 is 18.0 Å². The molecule has 0 aliphatic heterocycles. The topological polar surface area (TPSA) is 70.6 Å². The highest BCUT2D eigenvalue weighted by atomic mass is 79.9. The minimum atomic E-state index is -4.54. The highest BCUT2D eigenvalue weighted by molar-refractivity contribution is 9.10. The van der Waals surface area contributed by atoms with Crippen molar-refractivity contribution in [2.75, 3.05) is 5.32 Å². The van der Waals surface area contributed by atoms with Crippen molar-refractivity contribution in [3.05, 3.63) is 64.1 Å². The van der Waals surface area contributed by atoms with E-state index < -0.39 is 23.6 Å². The number of alkyl halides is 3. The Hall–Kier alpha value is -2.68. The number of amides is 2. The predicted octanol–water partition coefficient (Wildman–Crippen LogP) is 3.56. The highest BCUT2D eigenvalue weighted by Crippen LogP contribution is 2.30. The van der Waals surface area contributed by atoms with Gasteiger partial charge < -0.3 is 5.32 Å².